The summed E-state index contributed by atoms with van der Waals surface area (Å²) in [5, 5.41) is 7.05. The summed E-state index contributed by atoms with van der Waals surface area (Å²) in [5.41, 5.74) is 3.16. The summed E-state index contributed by atoms with van der Waals surface area (Å²) in [6.45, 7) is 4.62. The number of halogens is 1. The Hall–Kier alpha value is -1.62. The third-order valence-electron chi connectivity index (χ3n) is 3.05. The van der Waals surface area contributed by atoms with Crippen molar-refractivity contribution < 1.29 is 4.79 Å². The third-order valence-corrected chi connectivity index (χ3v) is 3.46. The molecule has 0 aliphatic rings. The molecule has 0 radical (unpaired) electrons. The number of aromatic nitrogens is 2. The number of amides is 1. The van der Waals surface area contributed by atoms with Crippen molar-refractivity contribution in [1.82, 2.24) is 9.78 Å². The van der Waals surface area contributed by atoms with Gasteiger partial charge in [0.1, 0.15) is 0 Å². The Bertz CT molecular complexity index is 592. The molecular weight excluding hydrogens is 306 g/mol. The summed E-state index contributed by atoms with van der Waals surface area (Å²) in [6, 6.07) is 5.90. The molecule has 0 aliphatic carbocycles. The highest BCUT2D eigenvalue weighted by atomic mass is 79.9. The van der Waals surface area contributed by atoms with Crippen LogP contribution in [-0.4, -0.2) is 15.7 Å². The molecule has 2 rings (SSSR count). The van der Waals surface area contributed by atoms with E-state index in [2.05, 4.69) is 26.3 Å². The number of nitrogens with zero attached hydrogens (tertiary/aromatic N) is 2. The Morgan fingerprint density at radius 3 is 2.89 bits per heavy atom. The molecule has 5 heteroatoms. The Kier molecular flexibility index (Phi) is 4.37. The Labute approximate surface area is 120 Å². The van der Waals surface area contributed by atoms with Crippen LogP contribution in [0.25, 0.3) is 0 Å². The van der Waals surface area contributed by atoms with E-state index in [-0.39, 0.29) is 5.91 Å². The Morgan fingerprint density at radius 2 is 2.21 bits per heavy atom. The van der Waals surface area contributed by atoms with Crippen LogP contribution in [0.2, 0.25) is 0 Å². The highest BCUT2D eigenvalue weighted by molar-refractivity contribution is 9.10. The van der Waals surface area contributed by atoms with E-state index in [1.54, 1.807) is 10.9 Å². The molecule has 0 unspecified atom stereocenters. The summed E-state index contributed by atoms with van der Waals surface area (Å²) in [6.07, 6.45) is 3.97. The summed E-state index contributed by atoms with van der Waals surface area (Å²) in [4.78, 5) is 11.9. The van der Waals surface area contributed by atoms with Crippen molar-refractivity contribution in [3.63, 3.8) is 0 Å². The largest absolute Gasteiger partial charge is 0.326 e. The lowest BCUT2D eigenvalue weighted by Crippen LogP contribution is -2.15. The van der Waals surface area contributed by atoms with Crippen molar-refractivity contribution in [3.8, 4) is 0 Å². The standard InChI is InChI=1S/C14H16BrN3O/c1-10-4-3-5-13(11(10)2)17-14(19)6-7-18-9-12(15)8-16-18/h3-5,8-9H,6-7H2,1-2H3,(H,17,19). The second kappa shape index (κ2) is 6.02. The van der Waals surface area contributed by atoms with E-state index < -0.39 is 0 Å². The van der Waals surface area contributed by atoms with E-state index in [9.17, 15) is 4.79 Å². The molecule has 2 aromatic rings. The predicted octanol–water partition coefficient (Wildman–Crippen LogP) is 3.29. The van der Waals surface area contributed by atoms with Gasteiger partial charge in [0.15, 0.2) is 0 Å². The number of rotatable bonds is 4. The first kappa shape index (κ1) is 13.8. The Morgan fingerprint density at radius 1 is 1.42 bits per heavy atom. The molecule has 0 saturated carbocycles. The molecule has 1 aromatic heterocycles. The Balaban J connectivity index is 1.92. The number of hydrogen-bond acceptors (Lipinski definition) is 2. The van der Waals surface area contributed by atoms with Crippen LogP contribution in [0.5, 0.6) is 0 Å². The molecule has 0 fully saturated rings. The van der Waals surface area contributed by atoms with Gasteiger partial charge in [-0.2, -0.15) is 5.10 Å². The van der Waals surface area contributed by atoms with Crippen LogP contribution in [0.3, 0.4) is 0 Å². The van der Waals surface area contributed by atoms with Gasteiger partial charge in [-0.15, -0.1) is 0 Å². The lowest BCUT2D eigenvalue weighted by molar-refractivity contribution is -0.116. The highest BCUT2D eigenvalue weighted by Gasteiger charge is 2.06. The van der Waals surface area contributed by atoms with Crippen LogP contribution >= 0.6 is 15.9 Å². The third kappa shape index (κ3) is 3.67. The molecule has 100 valence electrons. The zero-order chi connectivity index (χ0) is 13.8. The number of carbonyl (C=O) groups excluding carboxylic acids is 1. The topological polar surface area (TPSA) is 46.9 Å². The zero-order valence-corrected chi connectivity index (χ0v) is 12.6. The second-order valence-corrected chi connectivity index (χ2v) is 5.38. The summed E-state index contributed by atoms with van der Waals surface area (Å²) in [7, 11) is 0. The molecule has 1 aromatic carbocycles. The van der Waals surface area contributed by atoms with Crippen molar-refractivity contribution in [1.29, 1.82) is 0 Å². The lowest BCUT2D eigenvalue weighted by atomic mass is 10.1. The molecule has 0 atom stereocenters. The van der Waals surface area contributed by atoms with Gasteiger partial charge in [-0.3, -0.25) is 9.48 Å². The molecule has 1 heterocycles. The van der Waals surface area contributed by atoms with E-state index in [0.29, 0.717) is 13.0 Å². The zero-order valence-electron chi connectivity index (χ0n) is 11.0. The van der Waals surface area contributed by atoms with Gasteiger partial charge in [0.25, 0.3) is 0 Å². The summed E-state index contributed by atoms with van der Waals surface area (Å²) in [5.74, 6) is 0.000299. The molecule has 19 heavy (non-hydrogen) atoms. The SMILES string of the molecule is Cc1cccc(NC(=O)CCn2cc(Br)cn2)c1C. The maximum atomic E-state index is 11.9. The van der Waals surface area contributed by atoms with Crippen LogP contribution in [0.15, 0.2) is 35.1 Å². The van der Waals surface area contributed by atoms with Crippen molar-refractivity contribution in [2.24, 2.45) is 0 Å². The van der Waals surface area contributed by atoms with Gasteiger partial charge in [-0.05, 0) is 47.0 Å². The van der Waals surface area contributed by atoms with E-state index in [1.165, 1.54) is 5.56 Å². The van der Waals surface area contributed by atoms with Gasteiger partial charge >= 0.3 is 0 Å². The van der Waals surface area contributed by atoms with E-state index in [4.69, 9.17) is 0 Å². The fourth-order valence-electron chi connectivity index (χ4n) is 1.78. The van der Waals surface area contributed by atoms with Crippen molar-refractivity contribution in [2.75, 3.05) is 5.32 Å². The van der Waals surface area contributed by atoms with Gasteiger partial charge in [-0.1, -0.05) is 12.1 Å². The number of nitrogens with one attached hydrogen (secondary N) is 1. The fraction of sp³-hybridized carbons (Fsp3) is 0.286. The first-order chi connectivity index (χ1) is 9.06. The summed E-state index contributed by atoms with van der Waals surface area (Å²) < 4.78 is 2.66. The molecule has 0 spiro atoms. The molecule has 0 bridgehead atoms. The van der Waals surface area contributed by atoms with E-state index >= 15 is 0 Å². The van der Waals surface area contributed by atoms with Gasteiger partial charge in [0.05, 0.1) is 10.7 Å². The molecule has 1 N–H and O–H groups in total. The van der Waals surface area contributed by atoms with Gasteiger partial charge < -0.3 is 5.32 Å². The average molecular weight is 322 g/mol. The van der Waals surface area contributed by atoms with Crippen LogP contribution in [0.4, 0.5) is 5.69 Å². The van der Waals surface area contributed by atoms with Gasteiger partial charge in [0.2, 0.25) is 5.91 Å². The minimum absolute atomic E-state index is 0.000299. The molecule has 4 nitrogen and oxygen atoms in total. The lowest BCUT2D eigenvalue weighted by Gasteiger charge is -2.10. The van der Waals surface area contributed by atoms with Gasteiger partial charge in [-0.25, -0.2) is 0 Å². The summed E-state index contributed by atoms with van der Waals surface area (Å²) >= 11 is 3.33. The van der Waals surface area contributed by atoms with E-state index in [0.717, 1.165) is 15.7 Å². The first-order valence-corrected chi connectivity index (χ1v) is 6.89. The molecule has 0 aliphatic heterocycles. The van der Waals surface area contributed by atoms with Gasteiger partial charge in [0, 0.05) is 24.8 Å². The number of hydrogen-bond donors (Lipinski definition) is 1. The molecular formula is C14H16BrN3O. The highest BCUT2D eigenvalue weighted by Crippen LogP contribution is 2.18. The van der Waals surface area contributed by atoms with Crippen LogP contribution in [-0.2, 0) is 11.3 Å². The monoisotopic (exact) mass is 321 g/mol. The number of anilines is 1. The maximum Gasteiger partial charge on any atom is 0.226 e. The number of carbonyl (C=O) groups is 1. The number of aryl methyl sites for hydroxylation is 2. The van der Waals surface area contributed by atoms with Crippen LogP contribution < -0.4 is 5.32 Å². The minimum Gasteiger partial charge on any atom is -0.326 e. The van der Waals surface area contributed by atoms with E-state index in [1.807, 2.05) is 38.2 Å². The van der Waals surface area contributed by atoms with Crippen molar-refractivity contribution in [3.05, 3.63) is 46.2 Å². The molecule has 0 saturated heterocycles. The fourth-order valence-corrected chi connectivity index (χ4v) is 2.10. The minimum atomic E-state index is 0.000299. The second-order valence-electron chi connectivity index (χ2n) is 4.47. The first-order valence-electron chi connectivity index (χ1n) is 6.10. The quantitative estimate of drug-likeness (QED) is 0.939. The average Bonchev–Trinajstić information content (AvgIpc) is 2.78. The van der Waals surface area contributed by atoms with Crippen molar-refractivity contribution in [2.45, 2.75) is 26.8 Å². The smallest absolute Gasteiger partial charge is 0.226 e. The number of benzene rings is 1. The maximum absolute atomic E-state index is 11.9. The predicted molar refractivity (Wildman–Crippen MR) is 79.1 cm³/mol. The van der Waals surface area contributed by atoms with Crippen molar-refractivity contribution >= 4 is 27.5 Å². The van der Waals surface area contributed by atoms with Crippen LogP contribution in [0, 0.1) is 13.8 Å². The normalized spacial score (nSPS) is 10.5. The van der Waals surface area contributed by atoms with Crippen LogP contribution in [0.1, 0.15) is 17.5 Å². The molecule has 1 amide bonds.